The summed E-state index contributed by atoms with van der Waals surface area (Å²) in [5.74, 6) is -0.730. The number of carboxylic acid groups (broad SMARTS) is 1. The fourth-order valence-electron chi connectivity index (χ4n) is 3.01. The fraction of sp³-hybridized carbons (Fsp3) is 0. The molecule has 1 N–H and O–H groups in total. The minimum Gasteiger partial charge on any atom is -0.872 e. The van der Waals surface area contributed by atoms with E-state index in [-0.39, 0.29) is 16.9 Å². The molecule has 0 aliphatic heterocycles. The van der Waals surface area contributed by atoms with E-state index in [0.717, 1.165) is 5.56 Å². The van der Waals surface area contributed by atoms with Crippen LogP contribution in [0, 0.1) is 0 Å². The van der Waals surface area contributed by atoms with Crippen molar-refractivity contribution in [3.8, 4) is 11.4 Å². The van der Waals surface area contributed by atoms with Crippen LogP contribution in [0.2, 0.25) is 0 Å². The summed E-state index contributed by atoms with van der Waals surface area (Å²) in [6, 6.07) is 19.4. The predicted octanol–water partition coefficient (Wildman–Crippen LogP) is 3.33. The topological polar surface area (TPSA) is 95.2 Å². The number of aromatic nitrogens is 2. The van der Waals surface area contributed by atoms with Gasteiger partial charge in [-0.05, 0) is 48.0 Å². The molecule has 4 aromatic rings. The van der Waals surface area contributed by atoms with Crippen LogP contribution < -0.4 is 10.7 Å². The highest BCUT2D eigenvalue weighted by molar-refractivity contribution is 5.88. The van der Waals surface area contributed by atoms with E-state index in [1.807, 2.05) is 0 Å². The van der Waals surface area contributed by atoms with Gasteiger partial charge in [-0.25, -0.2) is 9.78 Å². The van der Waals surface area contributed by atoms with Crippen molar-refractivity contribution in [2.45, 2.75) is 0 Å². The van der Waals surface area contributed by atoms with Crippen LogP contribution in [0.1, 0.15) is 21.7 Å². The fourth-order valence-corrected chi connectivity index (χ4v) is 3.01. The summed E-state index contributed by atoms with van der Waals surface area (Å²) in [5, 5.41) is 20.9. The average molecular weight is 383 g/mol. The molecule has 6 heteroatoms. The van der Waals surface area contributed by atoms with E-state index in [1.165, 1.54) is 28.8 Å². The van der Waals surface area contributed by atoms with Gasteiger partial charge in [0.1, 0.15) is 5.82 Å². The van der Waals surface area contributed by atoms with Crippen LogP contribution >= 0.6 is 0 Å². The quantitative estimate of drug-likeness (QED) is 0.583. The van der Waals surface area contributed by atoms with Crippen molar-refractivity contribution in [1.82, 2.24) is 9.55 Å². The molecule has 0 unspecified atom stereocenters. The average Bonchev–Trinajstić information content (AvgIpc) is 2.73. The summed E-state index contributed by atoms with van der Waals surface area (Å²) in [6.45, 7) is 0. The Morgan fingerprint density at radius 2 is 1.62 bits per heavy atom. The third-order valence-corrected chi connectivity index (χ3v) is 4.48. The van der Waals surface area contributed by atoms with E-state index in [2.05, 4.69) is 4.98 Å². The molecule has 0 atom stereocenters. The second-order valence-electron chi connectivity index (χ2n) is 6.38. The van der Waals surface area contributed by atoms with Gasteiger partial charge < -0.3 is 10.2 Å². The monoisotopic (exact) mass is 383 g/mol. The molecule has 0 aliphatic carbocycles. The molecule has 0 radical (unpaired) electrons. The van der Waals surface area contributed by atoms with E-state index in [1.54, 1.807) is 60.7 Å². The largest absolute Gasteiger partial charge is 0.872 e. The Balaban J connectivity index is 1.89. The Hall–Kier alpha value is -4.19. The molecule has 0 saturated carbocycles. The number of hydrogen-bond donors (Lipinski definition) is 1. The van der Waals surface area contributed by atoms with E-state index < -0.39 is 5.97 Å². The maximum Gasteiger partial charge on any atom is 0.335 e. The molecular formula is C23H15N2O4-. The highest BCUT2D eigenvalue weighted by Crippen LogP contribution is 2.17. The number of carbonyl (C=O) groups is 1. The summed E-state index contributed by atoms with van der Waals surface area (Å²) < 4.78 is 1.44. The molecule has 29 heavy (non-hydrogen) atoms. The number of hydrogen-bond acceptors (Lipinski definition) is 4. The minimum atomic E-state index is -1.04. The Labute approximate surface area is 165 Å². The molecule has 0 amide bonds. The lowest BCUT2D eigenvalue weighted by molar-refractivity contribution is -0.268. The highest BCUT2D eigenvalue weighted by Gasteiger charge is 2.12. The Bertz CT molecular complexity index is 1290. The van der Waals surface area contributed by atoms with Crippen LogP contribution in [0.15, 0.2) is 77.6 Å². The second kappa shape index (κ2) is 7.44. The SMILES string of the molecule is O=C(O)c1ccc(-n2c(/C=C\c3ccc([O-])cc3)nc3ccccc3c2=O)cc1. The molecule has 0 bridgehead atoms. The second-order valence-corrected chi connectivity index (χ2v) is 6.38. The van der Waals surface area contributed by atoms with E-state index >= 15 is 0 Å². The first-order valence-corrected chi connectivity index (χ1v) is 8.83. The molecule has 4 rings (SSSR count). The molecule has 142 valence electrons. The first kappa shape index (κ1) is 18.2. The maximum absolute atomic E-state index is 13.2. The number of fused-ring (bicyclic) bond motifs is 1. The van der Waals surface area contributed by atoms with Crippen molar-refractivity contribution in [3.05, 3.63) is 100 Å². The summed E-state index contributed by atoms with van der Waals surface area (Å²) in [4.78, 5) is 28.9. The normalized spacial score (nSPS) is 11.2. The van der Waals surface area contributed by atoms with Gasteiger partial charge in [-0.2, -0.15) is 0 Å². The molecule has 3 aromatic carbocycles. The standard InChI is InChI=1S/C23H16N2O4/c26-18-12-5-15(6-13-18)7-14-21-24-20-4-2-1-3-19(20)22(27)25(21)17-10-8-16(9-11-17)23(28)29/h1-14,26H,(H,28,29)/p-1/b14-7-. The Kier molecular flexibility index (Phi) is 4.66. The van der Waals surface area contributed by atoms with E-state index in [0.29, 0.717) is 22.4 Å². The smallest absolute Gasteiger partial charge is 0.335 e. The molecule has 1 heterocycles. The van der Waals surface area contributed by atoms with Gasteiger partial charge in [0.15, 0.2) is 0 Å². The molecular weight excluding hydrogens is 368 g/mol. The minimum absolute atomic E-state index is 0.0820. The van der Waals surface area contributed by atoms with Crippen LogP contribution in [-0.2, 0) is 0 Å². The van der Waals surface area contributed by atoms with Gasteiger partial charge in [-0.1, -0.05) is 42.5 Å². The number of nitrogens with zero attached hydrogens (tertiary/aromatic N) is 2. The molecule has 0 aliphatic rings. The van der Waals surface area contributed by atoms with E-state index in [9.17, 15) is 14.7 Å². The predicted molar refractivity (Wildman–Crippen MR) is 109 cm³/mol. The summed E-state index contributed by atoms with van der Waals surface area (Å²) in [7, 11) is 0. The van der Waals surface area contributed by atoms with Crippen LogP contribution in [0.4, 0.5) is 0 Å². The maximum atomic E-state index is 13.2. The Morgan fingerprint density at radius 1 is 0.931 bits per heavy atom. The van der Waals surface area contributed by atoms with Crippen molar-refractivity contribution in [3.63, 3.8) is 0 Å². The Morgan fingerprint density at radius 3 is 2.31 bits per heavy atom. The lowest BCUT2D eigenvalue weighted by atomic mass is 10.1. The number of rotatable bonds is 4. The van der Waals surface area contributed by atoms with Crippen molar-refractivity contribution >= 4 is 29.0 Å². The summed E-state index contributed by atoms with van der Waals surface area (Å²) in [6.07, 6.45) is 3.46. The first-order chi connectivity index (χ1) is 14.0. The van der Waals surface area contributed by atoms with Crippen LogP contribution in [0.25, 0.3) is 28.7 Å². The van der Waals surface area contributed by atoms with Gasteiger partial charge in [0.25, 0.3) is 5.56 Å². The first-order valence-electron chi connectivity index (χ1n) is 8.83. The van der Waals surface area contributed by atoms with Crippen molar-refractivity contribution < 1.29 is 15.0 Å². The number of carboxylic acids is 1. The molecule has 1 aromatic heterocycles. The molecule has 0 spiro atoms. The zero-order valence-electron chi connectivity index (χ0n) is 15.1. The summed E-state index contributed by atoms with van der Waals surface area (Å²) >= 11 is 0. The highest BCUT2D eigenvalue weighted by atomic mass is 16.4. The van der Waals surface area contributed by atoms with Crippen LogP contribution in [0.3, 0.4) is 0 Å². The van der Waals surface area contributed by atoms with E-state index in [4.69, 9.17) is 5.11 Å². The molecule has 6 nitrogen and oxygen atoms in total. The van der Waals surface area contributed by atoms with Crippen molar-refractivity contribution in [2.24, 2.45) is 0 Å². The van der Waals surface area contributed by atoms with Gasteiger partial charge >= 0.3 is 5.97 Å². The van der Waals surface area contributed by atoms with Crippen LogP contribution in [0.5, 0.6) is 5.75 Å². The lowest BCUT2D eigenvalue weighted by Gasteiger charge is -2.12. The molecule has 0 fully saturated rings. The van der Waals surface area contributed by atoms with Gasteiger partial charge in [0.05, 0.1) is 22.2 Å². The third kappa shape index (κ3) is 3.64. The summed E-state index contributed by atoms with van der Waals surface area (Å²) in [5.41, 5.74) is 1.73. The van der Waals surface area contributed by atoms with Gasteiger partial charge in [-0.3, -0.25) is 9.36 Å². The van der Waals surface area contributed by atoms with Gasteiger partial charge in [0, 0.05) is 0 Å². The number of aromatic carboxylic acids is 1. The zero-order chi connectivity index (χ0) is 20.4. The third-order valence-electron chi connectivity index (χ3n) is 4.48. The molecule has 0 saturated heterocycles. The number of benzene rings is 3. The number of para-hydroxylation sites is 1. The van der Waals surface area contributed by atoms with Crippen LogP contribution in [-0.4, -0.2) is 20.6 Å². The lowest BCUT2D eigenvalue weighted by Crippen LogP contribution is -2.22. The van der Waals surface area contributed by atoms with Gasteiger partial charge in [-0.15, -0.1) is 5.75 Å². The zero-order valence-corrected chi connectivity index (χ0v) is 15.1. The van der Waals surface area contributed by atoms with Gasteiger partial charge in [0.2, 0.25) is 0 Å². The van der Waals surface area contributed by atoms with Crippen molar-refractivity contribution in [2.75, 3.05) is 0 Å². The van der Waals surface area contributed by atoms with Crippen molar-refractivity contribution in [1.29, 1.82) is 0 Å².